The van der Waals surface area contributed by atoms with Gasteiger partial charge in [0.05, 0.1) is 21.4 Å². The Bertz CT molecular complexity index is 1390. The molecule has 0 amide bonds. The molecule has 2 aromatic heterocycles. The van der Waals surface area contributed by atoms with Crippen LogP contribution >= 0.6 is 23.5 Å². The molecule has 0 atom stereocenters. The zero-order valence-corrected chi connectivity index (χ0v) is 23.0. The number of nitriles is 2. The van der Waals surface area contributed by atoms with E-state index >= 15 is 0 Å². The number of hydrogen-bond acceptors (Lipinski definition) is 12. The minimum absolute atomic E-state index is 0.460. The molecule has 1 fully saturated rings. The van der Waals surface area contributed by atoms with Gasteiger partial charge in [-0.3, -0.25) is 0 Å². The van der Waals surface area contributed by atoms with Crippen molar-refractivity contribution in [2.45, 2.75) is 45.6 Å². The van der Waals surface area contributed by atoms with Gasteiger partial charge in [-0.05, 0) is 49.6 Å². The molecular formula is C26H28N10S2. The first-order valence-electron chi connectivity index (χ1n) is 12.1. The Morgan fingerprint density at radius 3 is 1.82 bits per heavy atom. The van der Waals surface area contributed by atoms with Crippen LogP contribution in [0.1, 0.15) is 50.9 Å². The fraction of sp³-hybridized carbons (Fsp3) is 0.308. The van der Waals surface area contributed by atoms with Gasteiger partial charge >= 0.3 is 0 Å². The van der Waals surface area contributed by atoms with Crippen LogP contribution in [0.15, 0.2) is 56.8 Å². The highest BCUT2D eigenvalue weighted by molar-refractivity contribution is 8.06. The van der Waals surface area contributed by atoms with Gasteiger partial charge < -0.3 is 21.3 Å². The van der Waals surface area contributed by atoms with E-state index in [4.69, 9.17) is 0 Å². The summed E-state index contributed by atoms with van der Waals surface area (Å²) >= 11 is 3.01. The van der Waals surface area contributed by atoms with Gasteiger partial charge in [0.25, 0.3) is 0 Å². The van der Waals surface area contributed by atoms with Crippen molar-refractivity contribution in [3.8, 4) is 12.1 Å². The smallest absolute Gasteiger partial charge is 0.223 e. The molecule has 2 aliphatic heterocycles. The fourth-order valence-corrected chi connectivity index (χ4v) is 5.58. The second-order valence-corrected chi connectivity index (χ2v) is 10.4. The van der Waals surface area contributed by atoms with Crippen LogP contribution in [-0.4, -0.2) is 33.0 Å². The summed E-state index contributed by atoms with van der Waals surface area (Å²) in [5.41, 5.74) is 4.43. The molecule has 12 heteroatoms. The highest BCUT2D eigenvalue weighted by atomic mass is 32.2. The van der Waals surface area contributed by atoms with Crippen LogP contribution in [-0.2, 0) is 0 Å². The summed E-state index contributed by atoms with van der Waals surface area (Å²) in [6.07, 6.45) is 8.19. The number of anilines is 2. The summed E-state index contributed by atoms with van der Waals surface area (Å²) < 4.78 is 0. The summed E-state index contributed by atoms with van der Waals surface area (Å²) in [5.74, 6) is 1.11. The lowest BCUT2D eigenvalue weighted by molar-refractivity contribution is 0.743. The highest BCUT2D eigenvalue weighted by Crippen LogP contribution is 2.32. The molecule has 4 N–H and O–H groups in total. The molecule has 1 aliphatic carbocycles. The SMILES string of the molecule is CC1=CSC(=C(C#N)c2ccnc(NC3CCCC3)n2)N1.CNc1nccc(C(C#N)=C2NC(C)=CS2)n1. The molecule has 0 saturated heterocycles. The molecule has 4 heterocycles. The third-order valence-electron chi connectivity index (χ3n) is 5.74. The Hall–Kier alpha value is -4.00. The first-order chi connectivity index (χ1) is 18.5. The molecule has 0 unspecified atom stereocenters. The predicted octanol–water partition coefficient (Wildman–Crippen LogP) is 5.13. The van der Waals surface area contributed by atoms with Gasteiger partial charge in [-0.2, -0.15) is 10.5 Å². The van der Waals surface area contributed by atoms with E-state index in [2.05, 4.69) is 53.3 Å². The quantitative estimate of drug-likeness (QED) is 0.370. The van der Waals surface area contributed by atoms with Crippen molar-refractivity contribution < 1.29 is 0 Å². The summed E-state index contributed by atoms with van der Waals surface area (Å²) in [4.78, 5) is 17.0. The van der Waals surface area contributed by atoms with E-state index in [1.807, 2.05) is 24.7 Å². The van der Waals surface area contributed by atoms with Gasteiger partial charge in [-0.25, -0.2) is 19.9 Å². The van der Waals surface area contributed by atoms with E-state index in [0.29, 0.717) is 40.5 Å². The normalized spacial score (nSPS) is 19.0. The van der Waals surface area contributed by atoms with Crippen LogP contribution in [0.5, 0.6) is 0 Å². The molecular weight excluding hydrogens is 516 g/mol. The molecule has 1 saturated carbocycles. The van der Waals surface area contributed by atoms with Gasteiger partial charge in [0.15, 0.2) is 0 Å². The van der Waals surface area contributed by atoms with Crippen molar-refractivity contribution in [1.82, 2.24) is 30.6 Å². The number of nitrogens with one attached hydrogen (secondary N) is 4. The molecule has 38 heavy (non-hydrogen) atoms. The second-order valence-electron chi connectivity index (χ2n) is 8.63. The first kappa shape index (κ1) is 27.0. The van der Waals surface area contributed by atoms with Gasteiger partial charge in [-0.1, -0.05) is 36.4 Å². The van der Waals surface area contributed by atoms with Gasteiger partial charge in [0, 0.05) is 36.9 Å². The van der Waals surface area contributed by atoms with Crippen molar-refractivity contribution in [3.63, 3.8) is 0 Å². The van der Waals surface area contributed by atoms with Gasteiger partial charge in [0.2, 0.25) is 11.9 Å². The Balaban J connectivity index is 0.000000181. The van der Waals surface area contributed by atoms with Crippen LogP contribution in [0.2, 0.25) is 0 Å². The van der Waals surface area contributed by atoms with Crippen LogP contribution < -0.4 is 21.3 Å². The Kier molecular flexibility index (Phi) is 9.25. The average molecular weight is 545 g/mol. The Labute approximate surface area is 230 Å². The third-order valence-corrected chi connectivity index (χ3v) is 7.77. The maximum Gasteiger partial charge on any atom is 0.223 e. The average Bonchev–Trinajstić information content (AvgIpc) is 3.70. The van der Waals surface area contributed by atoms with Crippen LogP contribution in [0.3, 0.4) is 0 Å². The van der Waals surface area contributed by atoms with Gasteiger partial charge in [-0.15, -0.1) is 0 Å². The number of nitrogens with zero attached hydrogens (tertiary/aromatic N) is 6. The summed E-state index contributed by atoms with van der Waals surface area (Å²) in [6.45, 7) is 3.93. The number of aromatic nitrogens is 4. The lowest BCUT2D eigenvalue weighted by atomic mass is 10.2. The van der Waals surface area contributed by atoms with Crippen molar-refractivity contribution in [2.75, 3.05) is 17.7 Å². The molecule has 0 spiro atoms. The fourth-order valence-electron chi connectivity index (χ4n) is 3.90. The number of allylic oxidation sites excluding steroid dienone is 4. The minimum atomic E-state index is 0.460. The van der Waals surface area contributed by atoms with Crippen LogP contribution in [0.4, 0.5) is 11.9 Å². The standard InChI is InChI=1S/C15H17N5S.C11H11N5S/c1-10-9-21-14(18-10)12(8-16)13-6-7-17-15(20-13)19-11-4-2-3-5-11;1-7-6-17-10(15-7)8(5-12)9-3-4-14-11(13-2)16-9/h6-7,9,11,18H,2-5H2,1H3,(H,17,19,20);3-4,6,15H,1-2H3,(H,13,14,16). The zero-order valence-electron chi connectivity index (χ0n) is 21.4. The molecule has 3 aliphatic rings. The highest BCUT2D eigenvalue weighted by Gasteiger charge is 2.19. The van der Waals surface area contributed by atoms with E-state index in [1.54, 1.807) is 31.6 Å². The summed E-state index contributed by atoms with van der Waals surface area (Å²) in [5, 5.41) is 36.8. The van der Waals surface area contributed by atoms with Gasteiger partial charge in [0.1, 0.15) is 23.3 Å². The van der Waals surface area contributed by atoms with Crippen LogP contribution in [0, 0.1) is 22.7 Å². The Morgan fingerprint density at radius 2 is 1.37 bits per heavy atom. The van der Waals surface area contributed by atoms with E-state index < -0.39 is 0 Å². The molecule has 0 aromatic carbocycles. The second kappa shape index (κ2) is 13.0. The lowest BCUT2D eigenvalue weighted by Crippen LogP contribution is -2.17. The first-order valence-corrected chi connectivity index (χ1v) is 13.9. The molecule has 0 radical (unpaired) electrons. The predicted molar refractivity (Wildman–Crippen MR) is 154 cm³/mol. The number of thioether (sulfide) groups is 2. The molecule has 0 bridgehead atoms. The van der Waals surface area contributed by atoms with Crippen LogP contribution in [0.25, 0.3) is 11.1 Å². The monoisotopic (exact) mass is 544 g/mol. The van der Waals surface area contributed by atoms with Crippen molar-refractivity contribution in [3.05, 3.63) is 68.2 Å². The van der Waals surface area contributed by atoms with Crippen molar-refractivity contribution in [2.24, 2.45) is 0 Å². The van der Waals surface area contributed by atoms with E-state index in [-0.39, 0.29) is 0 Å². The third kappa shape index (κ3) is 6.85. The topological polar surface area (TPSA) is 147 Å². The van der Waals surface area contributed by atoms with E-state index in [0.717, 1.165) is 21.5 Å². The van der Waals surface area contributed by atoms with E-state index in [9.17, 15) is 10.5 Å². The maximum atomic E-state index is 9.44. The van der Waals surface area contributed by atoms with Crippen molar-refractivity contribution >= 4 is 46.6 Å². The number of hydrogen-bond donors (Lipinski definition) is 4. The zero-order chi connectivity index (χ0) is 26.9. The van der Waals surface area contributed by atoms with Crippen molar-refractivity contribution in [1.29, 1.82) is 10.5 Å². The number of rotatable bonds is 5. The largest absolute Gasteiger partial charge is 0.357 e. The maximum absolute atomic E-state index is 9.44. The minimum Gasteiger partial charge on any atom is -0.357 e. The lowest BCUT2D eigenvalue weighted by Gasteiger charge is -2.12. The molecule has 10 nitrogen and oxygen atoms in total. The summed E-state index contributed by atoms with van der Waals surface area (Å²) in [7, 11) is 1.74. The Morgan fingerprint density at radius 1 is 0.868 bits per heavy atom. The molecule has 5 rings (SSSR count). The molecule has 194 valence electrons. The summed E-state index contributed by atoms with van der Waals surface area (Å²) in [6, 6.07) is 8.39. The van der Waals surface area contributed by atoms with E-state index in [1.165, 1.54) is 49.2 Å². The molecule has 2 aromatic rings.